The van der Waals surface area contributed by atoms with Gasteiger partial charge >= 0.3 is 5.82 Å². The molecule has 8 heteroatoms. The number of aliphatic hydroxyl groups excluding tert-OH is 1. The van der Waals surface area contributed by atoms with Crippen molar-refractivity contribution in [2.45, 2.75) is 33.2 Å². The first-order valence-electron chi connectivity index (χ1n) is 6.39. The molecule has 0 bridgehead atoms. The number of hydrogen-bond acceptors (Lipinski definition) is 5. The van der Waals surface area contributed by atoms with Gasteiger partial charge in [0.15, 0.2) is 0 Å². The van der Waals surface area contributed by atoms with Crippen molar-refractivity contribution in [3.63, 3.8) is 0 Å². The van der Waals surface area contributed by atoms with Gasteiger partial charge in [0.1, 0.15) is 6.54 Å². The summed E-state index contributed by atoms with van der Waals surface area (Å²) in [6.07, 6.45) is 2.89. The molecule has 0 spiro atoms. The third kappa shape index (κ3) is 5.35. The summed E-state index contributed by atoms with van der Waals surface area (Å²) in [6.45, 7) is 4.57. The molecule has 0 atom stereocenters. The van der Waals surface area contributed by atoms with Gasteiger partial charge in [-0.15, -0.1) is 0 Å². The minimum atomic E-state index is -0.605. The molecule has 1 amide bonds. The first-order valence-corrected chi connectivity index (χ1v) is 6.39. The van der Waals surface area contributed by atoms with E-state index >= 15 is 0 Å². The lowest BCUT2D eigenvalue weighted by molar-refractivity contribution is -0.389. The quantitative estimate of drug-likeness (QED) is 0.539. The highest BCUT2D eigenvalue weighted by Crippen LogP contribution is 2.20. The SMILES string of the molecule is CC(C)(CCCO)CNC(=O)Cn1ccc([N+](=O)[O-])n1. The second-order valence-corrected chi connectivity index (χ2v) is 5.40. The molecule has 0 aromatic carbocycles. The molecule has 1 aromatic heterocycles. The van der Waals surface area contributed by atoms with Gasteiger partial charge in [0.25, 0.3) is 0 Å². The molecule has 0 aliphatic carbocycles. The molecule has 0 saturated carbocycles. The van der Waals surface area contributed by atoms with Crippen LogP contribution < -0.4 is 5.32 Å². The largest absolute Gasteiger partial charge is 0.396 e. The Hall–Kier alpha value is -1.96. The van der Waals surface area contributed by atoms with Gasteiger partial charge in [-0.1, -0.05) is 13.8 Å². The van der Waals surface area contributed by atoms with Crippen molar-refractivity contribution in [1.82, 2.24) is 15.1 Å². The molecule has 0 unspecified atom stereocenters. The first kappa shape index (κ1) is 16.1. The Morgan fingerprint density at radius 1 is 1.60 bits per heavy atom. The van der Waals surface area contributed by atoms with Crippen LogP contribution in [0, 0.1) is 15.5 Å². The highest BCUT2D eigenvalue weighted by molar-refractivity contribution is 5.75. The molecular formula is C12H20N4O4. The number of carbonyl (C=O) groups is 1. The molecule has 112 valence electrons. The van der Waals surface area contributed by atoms with Crippen LogP contribution in [0.3, 0.4) is 0 Å². The fourth-order valence-electron chi connectivity index (χ4n) is 1.72. The fourth-order valence-corrected chi connectivity index (χ4v) is 1.72. The smallest absolute Gasteiger partial charge is 0.389 e. The van der Waals surface area contributed by atoms with Gasteiger partial charge in [-0.3, -0.25) is 4.79 Å². The monoisotopic (exact) mass is 284 g/mol. The van der Waals surface area contributed by atoms with Crippen molar-refractivity contribution in [3.8, 4) is 0 Å². The average Bonchev–Trinajstić information content (AvgIpc) is 2.83. The van der Waals surface area contributed by atoms with Crippen LogP contribution in [0.5, 0.6) is 0 Å². The van der Waals surface area contributed by atoms with Crippen LogP contribution in [-0.4, -0.2) is 38.9 Å². The zero-order chi connectivity index (χ0) is 15.2. The highest BCUT2D eigenvalue weighted by Gasteiger charge is 2.19. The third-order valence-electron chi connectivity index (χ3n) is 2.90. The molecule has 8 nitrogen and oxygen atoms in total. The molecule has 1 rings (SSSR count). The number of amides is 1. The van der Waals surface area contributed by atoms with Gasteiger partial charge < -0.3 is 20.5 Å². The molecule has 1 aromatic rings. The van der Waals surface area contributed by atoms with Gasteiger partial charge in [-0.2, -0.15) is 4.68 Å². The minimum Gasteiger partial charge on any atom is -0.396 e. The standard InChI is InChI=1S/C12H20N4O4/c1-12(2,5-3-7-17)9-13-11(18)8-15-6-4-10(14-15)16(19)20/h4,6,17H,3,5,7-9H2,1-2H3,(H,13,18). The molecular weight excluding hydrogens is 264 g/mol. The van der Waals surface area contributed by atoms with E-state index in [0.29, 0.717) is 13.0 Å². The van der Waals surface area contributed by atoms with Gasteiger partial charge in [-0.05, 0) is 23.2 Å². The maximum Gasteiger partial charge on any atom is 0.389 e. The Morgan fingerprint density at radius 2 is 2.30 bits per heavy atom. The fraction of sp³-hybridized carbons (Fsp3) is 0.667. The van der Waals surface area contributed by atoms with E-state index in [1.807, 2.05) is 13.8 Å². The van der Waals surface area contributed by atoms with Crippen molar-refractivity contribution < 1.29 is 14.8 Å². The topological polar surface area (TPSA) is 110 Å². The number of aliphatic hydroxyl groups is 1. The summed E-state index contributed by atoms with van der Waals surface area (Å²) in [5, 5.41) is 25.7. The average molecular weight is 284 g/mol. The predicted molar refractivity (Wildman–Crippen MR) is 72.0 cm³/mol. The summed E-state index contributed by atoms with van der Waals surface area (Å²) in [6, 6.07) is 1.25. The van der Waals surface area contributed by atoms with E-state index in [1.54, 1.807) is 0 Å². The van der Waals surface area contributed by atoms with Gasteiger partial charge in [0, 0.05) is 13.2 Å². The minimum absolute atomic E-state index is 0.0517. The van der Waals surface area contributed by atoms with Crippen LogP contribution in [-0.2, 0) is 11.3 Å². The van der Waals surface area contributed by atoms with E-state index in [4.69, 9.17) is 5.11 Å². The van der Waals surface area contributed by atoms with Crippen LogP contribution in [0.1, 0.15) is 26.7 Å². The summed E-state index contributed by atoms with van der Waals surface area (Å²) in [5.74, 6) is -0.527. The lowest BCUT2D eigenvalue weighted by atomic mass is 9.88. The molecule has 0 aliphatic heterocycles. The lowest BCUT2D eigenvalue weighted by Gasteiger charge is -2.24. The second kappa shape index (κ2) is 6.99. The van der Waals surface area contributed by atoms with Gasteiger partial charge in [0.05, 0.1) is 17.4 Å². The van der Waals surface area contributed by atoms with E-state index in [2.05, 4.69) is 10.4 Å². The highest BCUT2D eigenvalue weighted by atomic mass is 16.6. The summed E-state index contributed by atoms with van der Waals surface area (Å²) in [7, 11) is 0. The maximum atomic E-state index is 11.7. The second-order valence-electron chi connectivity index (χ2n) is 5.40. The predicted octanol–water partition coefficient (Wildman–Crippen LogP) is 0.706. The summed E-state index contributed by atoms with van der Waals surface area (Å²) in [5.41, 5.74) is -0.103. The van der Waals surface area contributed by atoms with Gasteiger partial charge in [0.2, 0.25) is 5.91 Å². The number of nitrogens with one attached hydrogen (secondary N) is 1. The van der Waals surface area contributed by atoms with Gasteiger partial charge in [-0.25, -0.2) is 0 Å². The van der Waals surface area contributed by atoms with Crippen molar-refractivity contribution in [2.75, 3.05) is 13.2 Å². The summed E-state index contributed by atoms with van der Waals surface area (Å²) in [4.78, 5) is 21.6. The molecule has 2 N–H and O–H groups in total. The maximum absolute atomic E-state index is 11.7. The normalized spacial score (nSPS) is 11.3. The zero-order valence-electron chi connectivity index (χ0n) is 11.7. The van der Waals surface area contributed by atoms with Crippen LogP contribution in [0.4, 0.5) is 5.82 Å². The number of rotatable bonds is 8. The van der Waals surface area contributed by atoms with E-state index in [-0.39, 0.29) is 30.3 Å². The zero-order valence-corrected chi connectivity index (χ0v) is 11.7. The van der Waals surface area contributed by atoms with E-state index < -0.39 is 4.92 Å². The van der Waals surface area contributed by atoms with Crippen LogP contribution in [0.2, 0.25) is 0 Å². The molecule has 0 saturated heterocycles. The molecule has 0 aliphatic rings. The first-order chi connectivity index (χ1) is 9.34. The van der Waals surface area contributed by atoms with Crippen molar-refractivity contribution >= 4 is 11.7 Å². The van der Waals surface area contributed by atoms with Crippen LogP contribution in [0.15, 0.2) is 12.3 Å². The Labute approximate surface area is 116 Å². The molecule has 0 fully saturated rings. The Balaban J connectivity index is 2.41. The number of carbonyl (C=O) groups excluding carboxylic acids is 1. The third-order valence-corrected chi connectivity index (χ3v) is 2.90. The van der Waals surface area contributed by atoms with E-state index in [0.717, 1.165) is 6.42 Å². The van der Waals surface area contributed by atoms with Crippen molar-refractivity contribution in [2.24, 2.45) is 5.41 Å². The number of nitrogens with zero attached hydrogens (tertiary/aromatic N) is 3. The van der Waals surface area contributed by atoms with E-state index in [9.17, 15) is 14.9 Å². The van der Waals surface area contributed by atoms with Crippen LogP contribution >= 0.6 is 0 Å². The summed E-state index contributed by atoms with van der Waals surface area (Å²) < 4.78 is 1.23. The number of nitro groups is 1. The van der Waals surface area contributed by atoms with E-state index in [1.165, 1.54) is 16.9 Å². The summed E-state index contributed by atoms with van der Waals surface area (Å²) >= 11 is 0. The molecule has 20 heavy (non-hydrogen) atoms. The Kier molecular flexibility index (Phi) is 5.63. The molecule has 0 radical (unpaired) electrons. The Morgan fingerprint density at radius 3 is 2.85 bits per heavy atom. The van der Waals surface area contributed by atoms with Crippen LogP contribution in [0.25, 0.3) is 0 Å². The van der Waals surface area contributed by atoms with Crippen molar-refractivity contribution in [1.29, 1.82) is 0 Å². The molecule has 1 heterocycles. The van der Waals surface area contributed by atoms with Crippen molar-refractivity contribution in [3.05, 3.63) is 22.4 Å². The lowest BCUT2D eigenvalue weighted by Crippen LogP contribution is -2.36. The number of aromatic nitrogens is 2. The Bertz CT molecular complexity index is 470. The number of hydrogen-bond donors (Lipinski definition) is 2.